The summed E-state index contributed by atoms with van der Waals surface area (Å²) in [6, 6.07) is 9.98. The van der Waals surface area contributed by atoms with Crippen molar-refractivity contribution in [3.63, 3.8) is 0 Å². The minimum absolute atomic E-state index is 0.110. The third-order valence-electron chi connectivity index (χ3n) is 2.82. The van der Waals surface area contributed by atoms with Crippen LogP contribution >= 0.6 is 0 Å². The average molecular weight is 243 g/mol. The fourth-order valence-electron chi connectivity index (χ4n) is 1.85. The standard InChI is InChI=1S/C14H17N3O/c1-15-13(14-16-7-4-8-17-14)10-11-5-3-6-12(9-11)18-2/h3-9,13,15H,10H2,1-2H3. The maximum atomic E-state index is 5.22. The van der Waals surface area contributed by atoms with Crippen LogP contribution in [0, 0.1) is 0 Å². The molecule has 1 N–H and O–H groups in total. The predicted octanol–water partition coefficient (Wildman–Crippen LogP) is 1.99. The first-order chi connectivity index (χ1) is 8.83. The van der Waals surface area contributed by atoms with Crippen LogP contribution in [0.3, 0.4) is 0 Å². The van der Waals surface area contributed by atoms with Gasteiger partial charge in [0.2, 0.25) is 0 Å². The Morgan fingerprint density at radius 1 is 1.22 bits per heavy atom. The smallest absolute Gasteiger partial charge is 0.145 e. The molecule has 0 aliphatic heterocycles. The van der Waals surface area contributed by atoms with E-state index in [4.69, 9.17) is 4.74 Å². The van der Waals surface area contributed by atoms with Crippen LogP contribution in [0.2, 0.25) is 0 Å². The highest BCUT2D eigenvalue weighted by molar-refractivity contribution is 5.29. The highest BCUT2D eigenvalue weighted by Gasteiger charge is 2.12. The summed E-state index contributed by atoms with van der Waals surface area (Å²) < 4.78 is 5.22. The van der Waals surface area contributed by atoms with Gasteiger partial charge in [0.05, 0.1) is 13.2 Å². The highest BCUT2D eigenvalue weighted by Crippen LogP contribution is 2.18. The van der Waals surface area contributed by atoms with Gasteiger partial charge in [0.25, 0.3) is 0 Å². The highest BCUT2D eigenvalue weighted by atomic mass is 16.5. The number of hydrogen-bond donors (Lipinski definition) is 1. The van der Waals surface area contributed by atoms with Crippen molar-refractivity contribution in [2.75, 3.05) is 14.2 Å². The molecular weight excluding hydrogens is 226 g/mol. The van der Waals surface area contributed by atoms with Crippen LogP contribution in [0.4, 0.5) is 0 Å². The second-order valence-corrected chi connectivity index (χ2v) is 4.00. The van der Waals surface area contributed by atoms with E-state index in [1.807, 2.05) is 31.3 Å². The lowest BCUT2D eigenvalue weighted by Gasteiger charge is -2.14. The number of nitrogens with zero attached hydrogens (tertiary/aromatic N) is 2. The first kappa shape index (κ1) is 12.5. The molecule has 18 heavy (non-hydrogen) atoms. The molecule has 0 aliphatic carbocycles. The van der Waals surface area contributed by atoms with Gasteiger partial charge in [0.15, 0.2) is 0 Å². The van der Waals surface area contributed by atoms with E-state index in [2.05, 4.69) is 21.4 Å². The minimum atomic E-state index is 0.110. The van der Waals surface area contributed by atoms with Gasteiger partial charge in [-0.1, -0.05) is 12.1 Å². The lowest BCUT2D eigenvalue weighted by molar-refractivity contribution is 0.414. The molecule has 1 unspecified atom stereocenters. The van der Waals surface area contributed by atoms with E-state index in [1.165, 1.54) is 5.56 Å². The number of likely N-dealkylation sites (N-methyl/N-ethyl adjacent to an activating group) is 1. The second-order valence-electron chi connectivity index (χ2n) is 4.00. The second kappa shape index (κ2) is 6.12. The molecule has 0 aliphatic rings. The molecule has 1 atom stereocenters. The summed E-state index contributed by atoms with van der Waals surface area (Å²) in [5.41, 5.74) is 1.20. The van der Waals surface area contributed by atoms with Gasteiger partial charge >= 0.3 is 0 Å². The van der Waals surface area contributed by atoms with Crippen LogP contribution in [-0.2, 0) is 6.42 Å². The van der Waals surface area contributed by atoms with Gasteiger partial charge in [-0.2, -0.15) is 0 Å². The monoisotopic (exact) mass is 243 g/mol. The molecule has 1 heterocycles. The number of aromatic nitrogens is 2. The number of ether oxygens (including phenoxy) is 1. The summed E-state index contributed by atoms with van der Waals surface area (Å²) in [7, 11) is 3.59. The number of nitrogens with one attached hydrogen (secondary N) is 1. The minimum Gasteiger partial charge on any atom is -0.497 e. The quantitative estimate of drug-likeness (QED) is 0.872. The summed E-state index contributed by atoms with van der Waals surface area (Å²) in [4.78, 5) is 8.57. The van der Waals surface area contributed by atoms with Crippen LogP contribution < -0.4 is 10.1 Å². The summed E-state index contributed by atoms with van der Waals surface area (Å²) in [5.74, 6) is 1.68. The zero-order chi connectivity index (χ0) is 12.8. The van der Waals surface area contributed by atoms with E-state index in [0.717, 1.165) is 18.0 Å². The van der Waals surface area contributed by atoms with Crippen LogP contribution in [0.5, 0.6) is 5.75 Å². The van der Waals surface area contributed by atoms with Crippen LogP contribution in [0.25, 0.3) is 0 Å². The number of rotatable bonds is 5. The summed E-state index contributed by atoms with van der Waals surface area (Å²) in [6.45, 7) is 0. The lowest BCUT2D eigenvalue weighted by atomic mass is 10.1. The van der Waals surface area contributed by atoms with Crippen molar-refractivity contribution in [1.29, 1.82) is 0 Å². The molecule has 94 valence electrons. The van der Waals surface area contributed by atoms with Gasteiger partial charge in [-0.25, -0.2) is 9.97 Å². The molecule has 0 saturated heterocycles. The Morgan fingerprint density at radius 3 is 2.67 bits per heavy atom. The Labute approximate surface area is 107 Å². The Morgan fingerprint density at radius 2 is 2.00 bits per heavy atom. The number of benzene rings is 1. The fourth-order valence-corrected chi connectivity index (χ4v) is 1.85. The molecule has 1 aromatic heterocycles. The number of hydrogen-bond acceptors (Lipinski definition) is 4. The van der Waals surface area contributed by atoms with Crippen molar-refractivity contribution < 1.29 is 4.74 Å². The van der Waals surface area contributed by atoms with Crippen molar-refractivity contribution >= 4 is 0 Å². The van der Waals surface area contributed by atoms with Crippen molar-refractivity contribution in [2.24, 2.45) is 0 Å². The van der Waals surface area contributed by atoms with Gasteiger partial charge in [0, 0.05) is 12.4 Å². The van der Waals surface area contributed by atoms with Crippen molar-refractivity contribution in [2.45, 2.75) is 12.5 Å². The molecule has 0 fully saturated rings. The third-order valence-corrected chi connectivity index (χ3v) is 2.82. The summed E-state index contributed by atoms with van der Waals surface area (Å²) in [6.07, 6.45) is 4.36. The van der Waals surface area contributed by atoms with E-state index < -0.39 is 0 Å². The molecule has 0 radical (unpaired) electrons. The Kier molecular flexibility index (Phi) is 4.25. The molecule has 4 nitrogen and oxygen atoms in total. The average Bonchev–Trinajstić information content (AvgIpc) is 2.46. The number of methoxy groups -OCH3 is 1. The summed E-state index contributed by atoms with van der Waals surface area (Å²) in [5, 5.41) is 3.24. The molecular formula is C14H17N3O. The van der Waals surface area contributed by atoms with Crippen molar-refractivity contribution in [3.05, 3.63) is 54.1 Å². The molecule has 0 amide bonds. The lowest BCUT2D eigenvalue weighted by Crippen LogP contribution is -2.21. The molecule has 1 aromatic carbocycles. The molecule has 2 rings (SSSR count). The molecule has 2 aromatic rings. The molecule has 0 saturated carbocycles. The molecule has 0 spiro atoms. The van der Waals surface area contributed by atoms with E-state index in [1.54, 1.807) is 19.5 Å². The first-order valence-corrected chi connectivity index (χ1v) is 5.90. The van der Waals surface area contributed by atoms with Crippen molar-refractivity contribution in [1.82, 2.24) is 15.3 Å². The van der Waals surface area contributed by atoms with Crippen LogP contribution in [-0.4, -0.2) is 24.1 Å². The SMILES string of the molecule is CNC(Cc1cccc(OC)c1)c1ncccn1. The van der Waals surface area contributed by atoms with Gasteiger partial charge in [-0.05, 0) is 37.2 Å². The van der Waals surface area contributed by atoms with Crippen LogP contribution in [0.1, 0.15) is 17.4 Å². The van der Waals surface area contributed by atoms with E-state index in [9.17, 15) is 0 Å². The topological polar surface area (TPSA) is 47.0 Å². The Hall–Kier alpha value is -1.94. The molecule has 4 heteroatoms. The fraction of sp³-hybridized carbons (Fsp3) is 0.286. The third kappa shape index (κ3) is 3.05. The van der Waals surface area contributed by atoms with E-state index >= 15 is 0 Å². The van der Waals surface area contributed by atoms with Crippen molar-refractivity contribution in [3.8, 4) is 5.75 Å². The molecule has 0 bridgehead atoms. The maximum absolute atomic E-state index is 5.22. The van der Waals surface area contributed by atoms with Gasteiger partial charge in [0.1, 0.15) is 11.6 Å². The van der Waals surface area contributed by atoms with Crippen LogP contribution in [0.15, 0.2) is 42.7 Å². The largest absolute Gasteiger partial charge is 0.497 e. The maximum Gasteiger partial charge on any atom is 0.145 e. The van der Waals surface area contributed by atoms with Gasteiger partial charge < -0.3 is 10.1 Å². The van der Waals surface area contributed by atoms with Gasteiger partial charge in [-0.3, -0.25) is 0 Å². The Balaban J connectivity index is 2.15. The Bertz CT molecular complexity index is 487. The van der Waals surface area contributed by atoms with Gasteiger partial charge in [-0.15, -0.1) is 0 Å². The first-order valence-electron chi connectivity index (χ1n) is 5.90. The predicted molar refractivity (Wildman–Crippen MR) is 70.5 cm³/mol. The normalized spacial score (nSPS) is 12.1. The zero-order valence-electron chi connectivity index (χ0n) is 10.6. The zero-order valence-corrected chi connectivity index (χ0v) is 10.6. The summed E-state index contributed by atoms with van der Waals surface area (Å²) >= 11 is 0. The van der Waals surface area contributed by atoms with E-state index in [-0.39, 0.29) is 6.04 Å². The van der Waals surface area contributed by atoms with E-state index in [0.29, 0.717) is 0 Å².